The third-order valence-electron chi connectivity index (χ3n) is 5.55. The average Bonchev–Trinajstić information content (AvgIpc) is 3.00. The Bertz CT molecular complexity index is 1020. The number of likely N-dealkylation sites (N-methyl/N-ethyl adjacent to an activating group) is 1. The van der Waals surface area contributed by atoms with E-state index in [0.29, 0.717) is 35.6 Å². The SMILES string of the molecule is CC(=O)Nc1ccc(C2=C(N3CCN(C)CC3)C(=O)N(Cc3ccncc3)C2=O)cc1. The van der Waals surface area contributed by atoms with Gasteiger partial charge < -0.3 is 15.1 Å². The minimum Gasteiger partial charge on any atom is -0.364 e. The van der Waals surface area contributed by atoms with Crippen LogP contribution in [-0.4, -0.2) is 70.6 Å². The lowest BCUT2D eigenvalue weighted by Gasteiger charge is -2.34. The Hall–Kier alpha value is -3.52. The van der Waals surface area contributed by atoms with E-state index in [1.165, 1.54) is 11.8 Å². The molecule has 1 N–H and O–H groups in total. The van der Waals surface area contributed by atoms with Crippen LogP contribution in [0.3, 0.4) is 0 Å². The lowest BCUT2D eigenvalue weighted by atomic mass is 10.0. The zero-order valence-electron chi connectivity index (χ0n) is 17.7. The summed E-state index contributed by atoms with van der Waals surface area (Å²) in [4.78, 5) is 47.7. The number of imide groups is 1. The van der Waals surface area contributed by atoms with E-state index >= 15 is 0 Å². The highest BCUT2D eigenvalue weighted by Crippen LogP contribution is 2.33. The minimum atomic E-state index is -0.303. The lowest BCUT2D eigenvalue weighted by Crippen LogP contribution is -2.46. The zero-order chi connectivity index (χ0) is 22.0. The van der Waals surface area contributed by atoms with Crippen LogP contribution in [0.1, 0.15) is 18.1 Å². The molecule has 2 aliphatic heterocycles. The fourth-order valence-corrected chi connectivity index (χ4v) is 3.88. The van der Waals surface area contributed by atoms with Crippen molar-refractivity contribution in [3.8, 4) is 0 Å². The minimum absolute atomic E-state index is 0.166. The first-order valence-electron chi connectivity index (χ1n) is 10.2. The molecule has 0 atom stereocenters. The van der Waals surface area contributed by atoms with Crippen molar-refractivity contribution in [2.75, 3.05) is 38.5 Å². The molecule has 8 heteroatoms. The van der Waals surface area contributed by atoms with Crippen molar-refractivity contribution in [2.45, 2.75) is 13.5 Å². The van der Waals surface area contributed by atoms with Gasteiger partial charge in [-0.3, -0.25) is 24.3 Å². The summed E-state index contributed by atoms with van der Waals surface area (Å²) < 4.78 is 0. The van der Waals surface area contributed by atoms with E-state index in [1.807, 2.05) is 11.9 Å². The van der Waals surface area contributed by atoms with Gasteiger partial charge in [0, 0.05) is 51.2 Å². The molecule has 4 rings (SSSR count). The Labute approximate surface area is 181 Å². The molecular formula is C23H25N5O3. The van der Waals surface area contributed by atoms with Crippen LogP contribution in [0, 0.1) is 0 Å². The number of anilines is 1. The zero-order valence-corrected chi connectivity index (χ0v) is 17.7. The maximum Gasteiger partial charge on any atom is 0.278 e. The second-order valence-corrected chi connectivity index (χ2v) is 7.82. The van der Waals surface area contributed by atoms with Crippen molar-refractivity contribution in [2.24, 2.45) is 0 Å². The van der Waals surface area contributed by atoms with Crippen molar-refractivity contribution in [1.82, 2.24) is 19.7 Å². The number of hydrogen-bond acceptors (Lipinski definition) is 6. The number of rotatable bonds is 5. The highest BCUT2D eigenvalue weighted by molar-refractivity contribution is 6.35. The number of nitrogens with one attached hydrogen (secondary N) is 1. The summed E-state index contributed by atoms with van der Waals surface area (Å²) in [5, 5.41) is 2.72. The fraction of sp³-hybridized carbons (Fsp3) is 0.304. The highest BCUT2D eigenvalue weighted by atomic mass is 16.2. The van der Waals surface area contributed by atoms with E-state index in [4.69, 9.17) is 0 Å². The molecule has 31 heavy (non-hydrogen) atoms. The molecule has 2 aromatic rings. The van der Waals surface area contributed by atoms with Gasteiger partial charge in [0.15, 0.2) is 0 Å². The molecule has 1 aromatic carbocycles. The van der Waals surface area contributed by atoms with E-state index in [2.05, 4.69) is 15.2 Å². The molecule has 3 amide bonds. The Balaban J connectivity index is 1.70. The van der Waals surface area contributed by atoms with Crippen molar-refractivity contribution in [1.29, 1.82) is 0 Å². The van der Waals surface area contributed by atoms with Crippen molar-refractivity contribution < 1.29 is 14.4 Å². The molecule has 1 fully saturated rings. The molecule has 0 spiro atoms. The Morgan fingerprint density at radius 3 is 2.23 bits per heavy atom. The number of nitrogens with zero attached hydrogens (tertiary/aromatic N) is 4. The summed E-state index contributed by atoms with van der Waals surface area (Å²) in [6, 6.07) is 10.6. The van der Waals surface area contributed by atoms with Crippen molar-refractivity contribution in [3.05, 3.63) is 65.6 Å². The number of carbonyl (C=O) groups excluding carboxylic acids is 3. The third-order valence-corrected chi connectivity index (χ3v) is 5.55. The van der Waals surface area contributed by atoms with Crippen LogP contribution in [-0.2, 0) is 20.9 Å². The van der Waals surface area contributed by atoms with Crippen molar-refractivity contribution in [3.63, 3.8) is 0 Å². The molecule has 8 nitrogen and oxygen atoms in total. The largest absolute Gasteiger partial charge is 0.364 e. The molecule has 1 saturated heterocycles. The van der Waals surface area contributed by atoms with Gasteiger partial charge in [0.2, 0.25) is 5.91 Å². The van der Waals surface area contributed by atoms with Gasteiger partial charge in [0.1, 0.15) is 5.70 Å². The quantitative estimate of drug-likeness (QED) is 0.741. The van der Waals surface area contributed by atoms with Gasteiger partial charge in [-0.15, -0.1) is 0 Å². The van der Waals surface area contributed by atoms with Gasteiger partial charge in [-0.2, -0.15) is 0 Å². The topological polar surface area (TPSA) is 85.8 Å². The predicted octanol–water partition coefficient (Wildman–Crippen LogP) is 1.57. The lowest BCUT2D eigenvalue weighted by molar-refractivity contribution is -0.138. The van der Waals surface area contributed by atoms with E-state index in [9.17, 15) is 14.4 Å². The van der Waals surface area contributed by atoms with Gasteiger partial charge in [-0.25, -0.2) is 0 Å². The number of hydrogen-bond donors (Lipinski definition) is 1. The summed E-state index contributed by atoms with van der Waals surface area (Å²) in [7, 11) is 2.05. The van der Waals surface area contributed by atoms with Crippen LogP contribution in [0.5, 0.6) is 0 Å². The monoisotopic (exact) mass is 419 g/mol. The molecule has 0 saturated carbocycles. The highest BCUT2D eigenvalue weighted by Gasteiger charge is 2.42. The van der Waals surface area contributed by atoms with E-state index in [1.54, 1.807) is 48.8 Å². The molecule has 0 bridgehead atoms. The average molecular weight is 419 g/mol. The van der Waals surface area contributed by atoms with Gasteiger partial charge in [0.25, 0.3) is 11.8 Å². The number of benzene rings is 1. The van der Waals surface area contributed by atoms with Crippen LogP contribution in [0.15, 0.2) is 54.5 Å². The van der Waals surface area contributed by atoms with Gasteiger partial charge in [0.05, 0.1) is 12.1 Å². The number of amides is 3. The van der Waals surface area contributed by atoms with Crippen LogP contribution in [0.25, 0.3) is 5.57 Å². The fourth-order valence-electron chi connectivity index (χ4n) is 3.88. The third kappa shape index (κ3) is 4.34. The summed E-state index contributed by atoms with van der Waals surface area (Å²) in [6.07, 6.45) is 3.30. The maximum absolute atomic E-state index is 13.4. The normalized spacial score (nSPS) is 17.5. The number of piperazine rings is 1. The molecular weight excluding hydrogens is 394 g/mol. The van der Waals surface area contributed by atoms with E-state index < -0.39 is 0 Å². The second-order valence-electron chi connectivity index (χ2n) is 7.82. The smallest absolute Gasteiger partial charge is 0.278 e. The summed E-state index contributed by atoms with van der Waals surface area (Å²) in [5.74, 6) is -0.740. The molecule has 2 aliphatic rings. The van der Waals surface area contributed by atoms with Gasteiger partial charge in [-0.05, 0) is 42.4 Å². The van der Waals surface area contributed by atoms with E-state index in [0.717, 1.165) is 18.7 Å². The predicted molar refractivity (Wildman–Crippen MR) is 117 cm³/mol. The van der Waals surface area contributed by atoms with Crippen molar-refractivity contribution >= 4 is 29.0 Å². The Morgan fingerprint density at radius 2 is 1.61 bits per heavy atom. The van der Waals surface area contributed by atoms with Crippen LogP contribution >= 0.6 is 0 Å². The van der Waals surface area contributed by atoms with E-state index in [-0.39, 0.29) is 24.3 Å². The maximum atomic E-state index is 13.4. The Kier molecular flexibility index (Phi) is 5.81. The van der Waals surface area contributed by atoms with Crippen LogP contribution < -0.4 is 5.32 Å². The first-order chi connectivity index (χ1) is 14.9. The van der Waals surface area contributed by atoms with Crippen LogP contribution in [0.2, 0.25) is 0 Å². The molecule has 0 aliphatic carbocycles. The summed E-state index contributed by atoms with van der Waals surface area (Å²) in [6.45, 7) is 4.65. The Morgan fingerprint density at radius 1 is 0.968 bits per heavy atom. The molecule has 1 aromatic heterocycles. The second kappa shape index (κ2) is 8.69. The number of carbonyl (C=O) groups is 3. The molecule has 3 heterocycles. The first kappa shape index (κ1) is 20.7. The molecule has 0 unspecified atom stereocenters. The summed E-state index contributed by atoms with van der Waals surface area (Å²) in [5.41, 5.74) is 3.02. The van der Waals surface area contributed by atoms with Crippen LogP contribution in [0.4, 0.5) is 5.69 Å². The number of aromatic nitrogens is 1. The molecule has 160 valence electrons. The van der Waals surface area contributed by atoms with Gasteiger partial charge >= 0.3 is 0 Å². The summed E-state index contributed by atoms with van der Waals surface area (Å²) >= 11 is 0. The standard InChI is InChI=1S/C23H25N5O3/c1-16(29)25-19-5-3-18(4-6-19)20-21(27-13-11-26(2)12-14-27)23(31)28(22(20)30)15-17-7-9-24-10-8-17/h3-10H,11-15H2,1-2H3,(H,25,29). The van der Waals surface area contributed by atoms with Gasteiger partial charge in [-0.1, -0.05) is 12.1 Å². The molecule has 0 radical (unpaired) electrons. The number of pyridine rings is 1. The first-order valence-corrected chi connectivity index (χ1v) is 10.2.